The van der Waals surface area contributed by atoms with Crippen LogP contribution in [0.3, 0.4) is 0 Å². The Morgan fingerprint density at radius 1 is 1.16 bits per heavy atom. The van der Waals surface area contributed by atoms with E-state index in [2.05, 4.69) is 26.0 Å². The van der Waals surface area contributed by atoms with Crippen LogP contribution in [-0.2, 0) is 19.1 Å². The number of hydrogen-bond acceptors (Lipinski definition) is 10. The van der Waals surface area contributed by atoms with Crippen LogP contribution < -0.4 is 24.3 Å². The molecule has 0 aromatic heterocycles. The molecular weight excluding hydrogens is 572 g/mol. The summed E-state index contributed by atoms with van der Waals surface area (Å²) in [5.74, 6) is -0.0315. The zero-order chi connectivity index (χ0) is 26.5. The largest absolute Gasteiger partial charge is 0.490 e. The molecule has 11 nitrogen and oxygen atoms in total. The average Bonchev–Trinajstić information content (AvgIpc) is 3.43. The van der Waals surface area contributed by atoms with E-state index in [1.54, 1.807) is 37.3 Å². The number of carbonyl (C=O) groups excluding carboxylic acids is 4. The van der Waals surface area contributed by atoms with E-state index in [1.165, 1.54) is 13.2 Å². The molecule has 1 N–H and O–H groups in total. The molecule has 0 radical (unpaired) electrons. The minimum Gasteiger partial charge on any atom is -0.490 e. The van der Waals surface area contributed by atoms with Crippen molar-refractivity contribution in [3.05, 3.63) is 45.3 Å². The van der Waals surface area contributed by atoms with Crippen LogP contribution in [-0.4, -0.2) is 61.6 Å². The number of fused-ring (bicyclic) bond motifs is 1. The van der Waals surface area contributed by atoms with Crippen molar-refractivity contribution in [2.45, 2.75) is 6.92 Å². The molecule has 2 aliphatic heterocycles. The minimum absolute atomic E-state index is 0.0989. The van der Waals surface area contributed by atoms with Gasteiger partial charge in [0.15, 0.2) is 29.6 Å². The third-order valence-electron chi connectivity index (χ3n) is 5.02. The minimum atomic E-state index is -0.601. The number of thioether (sulfide) groups is 1. The first-order chi connectivity index (χ1) is 17.8. The molecule has 37 heavy (non-hydrogen) atoms. The highest BCUT2D eigenvalue weighted by molar-refractivity contribution is 9.10. The number of ether oxygens (including phenoxy) is 5. The topological polar surface area (TPSA) is 130 Å². The second-order valence-corrected chi connectivity index (χ2v) is 9.36. The van der Waals surface area contributed by atoms with E-state index in [0.717, 1.165) is 16.7 Å². The normalized spacial score (nSPS) is 15.2. The van der Waals surface area contributed by atoms with Crippen molar-refractivity contribution in [1.82, 2.24) is 4.90 Å². The number of nitrogens with zero attached hydrogens (tertiary/aromatic N) is 1. The molecule has 4 rings (SSSR count). The van der Waals surface area contributed by atoms with Crippen LogP contribution >= 0.6 is 27.7 Å². The summed E-state index contributed by atoms with van der Waals surface area (Å²) in [7, 11) is 1.25. The van der Waals surface area contributed by atoms with Crippen molar-refractivity contribution < 1.29 is 42.9 Å². The predicted molar refractivity (Wildman–Crippen MR) is 137 cm³/mol. The molecule has 0 bridgehead atoms. The summed E-state index contributed by atoms with van der Waals surface area (Å²) < 4.78 is 26.7. The average molecular weight is 593 g/mol. The number of anilines is 1. The van der Waals surface area contributed by atoms with E-state index >= 15 is 0 Å². The summed E-state index contributed by atoms with van der Waals surface area (Å²) in [5, 5.41) is 2.07. The fraction of sp³-hybridized carbons (Fsp3) is 0.250. The summed E-state index contributed by atoms with van der Waals surface area (Å²) in [5.41, 5.74) is 0.982. The standard InChI is InChI=1S/C24H21BrN2O9S/c1-3-33-18-7-13(6-15(25)22(18)34-11-21(29)32-2)8-19-23(30)27(24(31)37-19)10-20(28)26-14-4-5-16-17(9-14)36-12-35-16/h4-9H,3,10-12H2,1-2H3,(H,26,28)/b19-8-. The zero-order valence-electron chi connectivity index (χ0n) is 19.7. The Morgan fingerprint density at radius 2 is 1.95 bits per heavy atom. The van der Waals surface area contributed by atoms with Crippen LogP contribution in [0.1, 0.15) is 12.5 Å². The first-order valence-corrected chi connectivity index (χ1v) is 12.5. The number of amides is 3. The number of methoxy groups -OCH3 is 1. The smallest absolute Gasteiger partial charge is 0.343 e. The Balaban J connectivity index is 1.46. The Bertz CT molecular complexity index is 1300. The number of halogens is 1. The van der Waals surface area contributed by atoms with Gasteiger partial charge in [0.05, 0.1) is 23.1 Å². The third-order valence-corrected chi connectivity index (χ3v) is 6.52. The Kier molecular flexibility index (Phi) is 8.24. The lowest BCUT2D eigenvalue weighted by molar-refractivity contribution is -0.143. The predicted octanol–water partition coefficient (Wildman–Crippen LogP) is 3.80. The van der Waals surface area contributed by atoms with E-state index in [0.29, 0.717) is 39.6 Å². The van der Waals surface area contributed by atoms with E-state index in [-0.39, 0.29) is 24.1 Å². The van der Waals surface area contributed by atoms with Crippen molar-refractivity contribution in [3.63, 3.8) is 0 Å². The molecule has 1 saturated heterocycles. The molecule has 2 aliphatic rings. The maximum absolute atomic E-state index is 12.9. The van der Waals surface area contributed by atoms with Gasteiger partial charge in [-0.2, -0.15) is 0 Å². The number of carbonyl (C=O) groups is 4. The van der Waals surface area contributed by atoms with E-state index in [9.17, 15) is 19.2 Å². The van der Waals surface area contributed by atoms with Crippen LogP contribution in [0.15, 0.2) is 39.7 Å². The number of rotatable bonds is 9. The van der Waals surface area contributed by atoms with E-state index in [4.69, 9.17) is 18.9 Å². The zero-order valence-corrected chi connectivity index (χ0v) is 22.1. The fourth-order valence-electron chi connectivity index (χ4n) is 3.37. The number of nitrogens with one attached hydrogen (secondary N) is 1. The Hall–Kier alpha value is -3.71. The number of imide groups is 1. The maximum Gasteiger partial charge on any atom is 0.343 e. The van der Waals surface area contributed by atoms with Crippen molar-refractivity contribution in [2.24, 2.45) is 0 Å². The Labute approximate surface area is 224 Å². The van der Waals surface area contributed by atoms with Crippen LogP contribution in [0.5, 0.6) is 23.0 Å². The molecule has 0 unspecified atom stereocenters. The van der Waals surface area contributed by atoms with Gasteiger partial charge in [-0.1, -0.05) is 0 Å². The van der Waals surface area contributed by atoms with Gasteiger partial charge in [0.2, 0.25) is 12.7 Å². The second-order valence-electron chi connectivity index (χ2n) is 7.51. The maximum atomic E-state index is 12.9. The molecule has 0 spiro atoms. The van der Waals surface area contributed by atoms with Crippen LogP contribution in [0.2, 0.25) is 0 Å². The lowest BCUT2D eigenvalue weighted by Gasteiger charge is -2.14. The Morgan fingerprint density at radius 3 is 2.70 bits per heavy atom. The molecule has 13 heteroatoms. The fourth-order valence-corrected chi connectivity index (χ4v) is 4.78. The first-order valence-electron chi connectivity index (χ1n) is 10.9. The van der Waals surface area contributed by atoms with Gasteiger partial charge in [0.25, 0.3) is 11.1 Å². The lowest BCUT2D eigenvalue weighted by Crippen LogP contribution is -2.36. The molecule has 1 fully saturated rings. The molecule has 0 aliphatic carbocycles. The van der Waals surface area contributed by atoms with Gasteiger partial charge in [-0.3, -0.25) is 19.3 Å². The molecule has 2 heterocycles. The summed E-state index contributed by atoms with van der Waals surface area (Å²) in [6.07, 6.45) is 1.51. The van der Waals surface area contributed by atoms with Gasteiger partial charge in [-0.25, -0.2) is 4.79 Å². The number of esters is 1. The van der Waals surface area contributed by atoms with Gasteiger partial charge in [0, 0.05) is 11.8 Å². The van der Waals surface area contributed by atoms with Crippen molar-refractivity contribution in [3.8, 4) is 23.0 Å². The van der Waals surface area contributed by atoms with Gasteiger partial charge in [-0.15, -0.1) is 0 Å². The SMILES string of the molecule is CCOc1cc(/C=C2\SC(=O)N(CC(=O)Nc3ccc4c(c3)OCO4)C2=O)cc(Br)c1OCC(=O)OC. The molecular formula is C24H21BrN2O9S. The van der Waals surface area contributed by atoms with Gasteiger partial charge < -0.3 is 29.0 Å². The molecule has 2 aromatic carbocycles. The molecule has 3 amide bonds. The highest BCUT2D eigenvalue weighted by atomic mass is 79.9. The van der Waals surface area contributed by atoms with Crippen molar-refractivity contribution >= 4 is 62.5 Å². The number of benzene rings is 2. The summed E-state index contributed by atoms with van der Waals surface area (Å²) in [4.78, 5) is 50.4. The van der Waals surface area contributed by atoms with E-state index in [1.807, 2.05) is 0 Å². The van der Waals surface area contributed by atoms with Crippen LogP contribution in [0.4, 0.5) is 10.5 Å². The quantitative estimate of drug-likeness (QED) is 0.339. The molecule has 0 atom stereocenters. The number of hydrogen-bond donors (Lipinski definition) is 1. The van der Waals surface area contributed by atoms with E-state index < -0.39 is 29.6 Å². The van der Waals surface area contributed by atoms with Gasteiger partial charge >= 0.3 is 5.97 Å². The van der Waals surface area contributed by atoms with Gasteiger partial charge in [-0.05, 0) is 70.5 Å². The van der Waals surface area contributed by atoms with Crippen molar-refractivity contribution in [2.75, 3.05) is 39.0 Å². The van der Waals surface area contributed by atoms with Gasteiger partial charge in [0.1, 0.15) is 6.54 Å². The summed E-state index contributed by atoms with van der Waals surface area (Å²) in [6.45, 7) is 1.43. The first kappa shape index (κ1) is 26.4. The molecule has 0 saturated carbocycles. The third kappa shape index (κ3) is 6.17. The lowest BCUT2D eigenvalue weighted by atomic mass is 10.2. The van der Waals surface area contributed by atoms with Crippen LogP contribution in [0.25, 0.3) is 6.08 Å². The second kappa shape index (κ2) is 11.6. The van der Waals surface area contributed by atoms with Crippen molar-refractivity contribution in [1.29, 1.82) is 0 Å². The highest BCUT2D eigenvalue weighted by Crippen LogP contribution is 2.39. The highest BCUT2D eigenvalue weighted by Gasteiger charge is 2.36. The molecule has 2 aromatic rings. The summed E-state index contributed by atoms with van der Waals surface area (Å²) >= 11 is 4.11. The summed E-state index contributed by atoms with van der Waals surface area (Å²) in [6, 6.07) is 8.14. The molecule has 194 valence electrons. The monoisotopic (exact) mass is 592 g/mol. The van der Waals surface area contributed by atoms with Crippen LogP contribution in [0, 0.1) is 0 Å².